The highest BCUT2D eigenvalue weighted by molar-refractivity contribution is 5.29. The third-order valence-corrected chi connectivity index (χ3v) is 2.70. The van der Waals surface area contributed by atoms with Crippen molar-refractivity contribution in [3.05, 3.63) is 35.4 Å². The normalized spacial score (nSPS) is 14.1. The molecule has 1 unspecified atom stereocenters. The number of rotatable bonds is 2. The van der Waals surface area contributed by atoms with E-state index in [1.54, 1.807) is 0 Å². The van der Waals surface area contributed by atoms with Crippen molar-refractivity contribution in [1.29, 1.82) is 0 Å². The monoisotopic (exact) mass is 191 g/mol. The summed E-state index contributed by atoms with van der Waals surface area (Å²) < 4.78 is 0. The average Bonchev–Trinajstić information content (AvgIpc) is 2.15. The van der Waals surface area contributed by atoms with Gasteiger partial charge in [-0.25, -0.2) is 0 Å². The summed E-state index contributed by atoms with van der Waals surface area (Å²) >= 11 is 0. The van der Waals surface area contributed by atoms with Gasteiger partial charge in [-0.15, -0.1) is 0 Å². The SMILES string of the molecule is CC(CN)c1ccc(C(C)(C)C)cc1. The van der Waals surface area contributed by atoms with Crippen LogP contribution >= 0.6 is 0 Å². The maximum atomic E-state index is 5.63. The van der Waals surface area contributed by atoms with Gasteiger partial charge < -0.3 is 5.73 Å². The molecule has 0 heterocycles. The van der Waals surface area contributed by atoms with Gasteiger partial charge in [0.25, 0.3) is 0 Å². The first-order chi connectivity index (χ1) is 6.45. The molecular weight excluding hydrogens is 170 g/mol. The second-order valence-corrected chi connectivity index (χ2v) is 5.01. The molecule has 0 aliphatic heterocycles. The van der Waals surface area contributed by atoms with E-state index < -0.39 is 0 Å². The first-order valence-corrected chi connectivity index (χ1v) is 5.25. The zero-order chi connectivity index (χ0) is 10.8. The number of hydrogen-bond donors (Lipinski definition) is 1. The molecule has 0 aliphatic rings. The molecule has 0 spiro atoms. The average molecular weight is 191 g/mol. The minimum atomic E-state index is 0.241. The summed E-state index contributed by atoms with van der Waals surface area (Å²) in [6, 6.07) is 8.80. The predicted molar refractivity (Wildman–Crippen MR) is 62.6 cm³/mol. The molecular formula is C13H21N. The molecule has 1 aromatic carbocycles. The van der Waals surface area contributed by atoms with Crippen LogP contribution < -0.4 is 5.73 Å². The molecule has 14 heavy (non-hydrogen) atoms. The summed E-state index contributed by atoms with van der Waals surface area (Å²) in [5.41, 5.74) is 8.58. The van der Waals surface area contributed by atoms with Crippen LogP contribution in [-0.2, 0) is 5.41 Å². The fourth-order valence-electron chi connectivity index (χ4n) is 1.45. The van der Waals surface area contributed by atoms with Gasteiger partial charge >= 0.3 is 0 Å². The van der Waals surface area contributed by atoms with E-state index in [4.69, 9.17) is 5.73 Å². The molecule has 1 rings (SSSR count). The minimum absolute atomic E-state index is 0.241. The van der Waals surface area contributed by atoms with E-state index in [1.807, 2.05) is 0 Å². The van der Waals surface area contributed by atoms with E-state index in [2.05, 4.69) is 52.0 Å². The number of nitrogens with two attached hydrogens (primary N) is 1. The molecule has 0 aliphatic carbocycles. The number of benzene rings is 1. The standard InChI is InChI=1S/C13H21N/c1-10(9-14)11-5-7-12(8-6-11)13(2,3)4/h5-8,10H,9,14H2,1-4H3. The smallest absolute Gasteiger partial charge is 0.00109 e. The molecule has 0 amide bonds. The fourth-order valence-corrected chi connectivity index (χ4v) is 1.45. The molecule has 78 valence electrons. The van der Waals surface area contributed by atoms with Crippen molar-refractivity contribution >= 4 is 0 Å². The quantitative estimate of drug-likeness (QED) is 0.764. The summed E-state index contributed by atoms with van der Waals surface area (Å²) in [5.74, 6) is 0.462. The summed E-state index contributed by atoms with van der Waals surface area (Å²) in [6.07, 6.45) is 0. The molecule has 1 atom stereocenters. The van der Waals surface area contributed by atoms with E-state index in [0.717, 1.165) is 6.54 Å². The van der Waals surface area contributed by atoms with Crippen LogP contribution in [0.5, 0.6) is 0 Å². The zero-order valence-electron chi connectivity index (χ0n) is 9.67. The van der Waals surface area contributed by atoms with Crippen LogP contribution in [0.4, 0.5) is 0 Å². The Bertz CT molecular complexity index is 279. The van der Waals surface area contributed by atoms with Crippen molar-refractivity contribution in [2.45, 2.75) is 39.0 Å². The van der Waals surface area contributed by atoms with Gasteiger partial charge in [0.2, 0.25) is 0 Å². The molecule has 0 radical (unpaired) electrons. The minimum Gasteiger partial charge on any atom is -0.330 e. The lowest BCUT2D eigenvalue weighted by Gasteiger charge is -2.20. The summed E-state index contributed by atoms with van der Waals surface area (Å²) in [7, 11) is 0. The van der Waals surface area contributed by atoms with Crippen LogP contribution in [0.2, 0.25) is 0 Å². The largest absolute Gasteiger partial charge is 0.330 e. The van der Waals surface area contributed by atoms with E-state index in [0.29, 0.717) is 5.92 Å². The Labute approximate surface area is 87.3 Å². The van der Waals surface area contributed by atoms with Gasteiger partial charge in [-0.05, 0) is 29.0 Å². The van der Waals surface area contributed by atoms with Crippen molar-refractivity contribution in [3.63, 3.8) is 0 Å². The topological polar surface area (TPSA) is 26.0 Å². The molecule has 0 aromatic heterocycles. The Morgan fingerprint density at radius 3 is 2.00 bits per heavy atom. The van der Waals surface area contributed by atoms with E-state index in [1.165, 1.54) is 11.1 Å². The van der Waals surface area contributed by atoms with Gasteiger partial charge in [-0.1, -0.05) is 52.0 Å². The first-order valence-electron chi connectivity index (χ1n) is 5.25. The van der Waals surface area contributed by atoms with E-state index >= 15 is 0 Å². The lowest BCUT2D eigenvalue weighted by molar-refractivity contribution is 0.589. The Balaban J connectivity index is 2.89. The van der Waals surface area contributed by atoms with Crippen LogP contribution in [0.25, 0.3) is 0 Å². The van der Waals surface area contributed by atoms with Crippen LogP contribution in [0.15, 0.2) is 24.3 Å². The van der Waals surface area contributed by atoms with Crippen molar-refractivity contribution in [2.24, 2.45) is 5.73 Å². The lowest BCUT2D eigenvalue weighted by Crippen LogP contribution is -2.12. The highest BCUT2D eigenvalue weighted by Gasteiger charge is 2.13. The zero-order valence-corrected chi connectivity index (χ0v) is 9.67. The van der Waals surface area contributed by atoms with Crippen LogP contribution in [-0.4, -0.2) is 6.54 Å². The molecule has 0 saturated carbocycles. The summed E-state index contributed by atoms with van der Waals surface area (Å²) in [4.78, 5) is 0. The Hall–Kier alpha value is -0.820. The third-order valence-electron chi connectivity index (χ3n) is 2.70. The molecule has 1 heteroatoms. The maximum Gasteiger partial charge on any atom is -0.00109 e. The Kier molecular flexibility index (Phi) is 3.33. The second-order valence-electron chi connectivity index (χ2n) is 5.01. The predicted octanol–water partition coefficient (Wildman–Crippen LogP) is 3.05. The second kappa shape index (κ2) is 4.14. The van der Waals surface area contributed by atoms with E-state index in [9.17, 15) is 0 Å². The van der Waals surface area contributed by atoms with Gasteiger partial charge in [0.05, 0.1) is 0 Å². The molecule has 2 N–H and O–H groups in total. The van der Waals surface area contributed by atoms with Gasteiger partial charge in [0.15, 0.2) is 0 Å². The van der Waals surface area contributed by atoms with Gasteiger partial charge in [0.1, 0.15) is 0 Å². The van der Waals surface area contributed by atoms with Crippen molar-refractivity contribution in [3.8, 4) is 0 Å². The summed E-state index contributed by atoms with van der Waals surface area (Å²) in [6.45, 7) is 9.57. The summed E-state index contributed by atoms with van der Waals surface area (Å²) in [5, 5.41) is 0. The third kappa shape index (κ3) is 2.58. The molecule has 1 nitrogen and oxygen atoms in total. The van der Waals surface area contributed by atoms with Gasteiger partial charge in [-0.3, -0.25) is 0 Å². The molecule has 0 fully saturated rings. The Morgan fingerprint density at radius 2 is 1.64 bits per heavy atom. The van der Waals surface area contributed by atoms with Crippen LogP contribution in [0.1, 0.15) is 44.7 Å². The maximum absolute atomic E-state index is 5.63. The van der Waals surface area contributed by atoms with Crippen LogP contribution in [0.3, 0.4) is 0 Å². The van der Waals surface area contributed by atoms with Gasteiger partial charge in [-0.2, -0.15) is 0 Å². The van der Waals surface area contributed by atoms with Crippen molar-refractivity contribution in [1.82, 2.24) is 0 Å². The Morgan fingerprint density at radius 1 is 1.14 bits per heavy atom. The first kappa shape index (κ1) is 11.3. The van der Waals surface area contributed by atoms with Crippen molar-refractivity contribution in [2.75, 3.05) is 6.54 Å². The highest BCUT2D eigenvalue weighted by atomic mass is 14.5. The lowest BCUT2D eigenvalue weighted by atomic mass is 9.86. The van der Waals surface area contributed by atoms with Gasteiger partial charge in [0, 0.05) is 0 Å². The fraction of sp³-hybridized carbons (Fsp3) is 0.538. The van der Waals surface area contributed by atoms with E-state index in [-0.39, 0.29) is 5.41 Å². The highest BCUT2D eigenvalue weighted by Crippen LogP contribution is 2.24. The van der Waals surface area contributed by atoms with Crippen LogP contribution in [0, 0.1) is 0 Å². The van der Waals surface area contributed by atoms with Crippen molar-refractivity contribution < 1.29 is 0 Å². The number of hydrogen-bond acceptors (Lipinski definition) is 1. The molecule has 0 saturated heterocycles. The molecule has 1 aromatic rings. The molecule has 0 bridgehead atoms.